The summed E-state index contributed by atoms with van der Waals surface area (Å²) in [6.45, 7) is 1.55. The van der Waals surface area contributed by atoms with Crippen LogP contribution in [0.3, 0.4) is 0 Å². The zero-order chi connectivity index (χ0) is 19.7. The largest absolute Gasteiger partial charge is 0.375 e. The Morgan fingerprint density at radius 1 is 1.03 bits per heavy atom. The van der Waals surface area contributed by atoms with E-state index in [1.807, 2.05) is 12.3 Å². The first-order chi connectivity index (χ1) is 14.2. The maximum Gasteiger partial charge on any atom is 0.0695 e. The van der Waals surface area contributed by atoms with Gasteiger partial charge in [0.05, 0.1) is 22.4 Å². The molecule has 1 aliphatic heterocycles. The lowest BCUT2D eigenvalue weighted by atomic mass is 9.67. The van der Waals surface area contributed by atoms with E-state index in [1.165, 1.54) is 55.5 Å². The number of aromatic nitrogens is 2. The normalized spacial score (nSPS) is 28.4. The minimum absolute atomic E-state index is 0.00936. The molecule has 1 saturated carbocycles. The van der Waals surface area contributed by atoms with E-state index < -0.39 is 0 Å². The molecule has 29 heavy (non-hydrogen) atoms. The van der Waals surface area contributed by atoms with Crippen LogP contribution < -0.4 is 5.73 Å². The van der Waals surface area contributed by atoms with Crippen molar-refractivity contribution >= 4 is 0 Å². The molecule has 2 unspecified atom stereocenters. The van der Waals surface area contributed by atoms with Gasteiger partial charge < -0.3 is 10.5 Å². The Morgan fingerprint density at radius 3 is 2.72 bits per heavy atom. The average Bonchev–Trinajstić information content (AvgIpc) is 3.21. The maximum atomic E-state index is 6.42. The van der Waals surface area contributed by atoms with E-state index in [0.29, 0.717) is 5.92 Å². The quantitative estimate of drug-likeness (QED) is 0.824. The number of nitrogens with zero attached hydrogens (tertiary/aromatic N) is 2. The van der Waals surface area contributed by atoms with Gasteiger partial charge in [0.1, 0.15) is 0 Å². The molecule has 2 aliphatic carbocycles. The van der Waals surface area contributed by atoms with E-state index in [2.05, 4.69) is 24.3 Å². The van der Waals surface area contributed by atoms with Gasteiger partial charge >= 0.3 is 0 Å². The smallest absolute Gasteiger partial charge is 0.0695 e. The first-order valence-electron chi connectivity index (χ1n) is 11.5. The Bertz CT molecular complexity index is 846. The molecule has 4 nitrogen and oxygen atoms in total. The lowest BCUT2D eigenvalue weighted by Gasteiger charge is -2.46. The third-order valence-electron chi connectivity index (χ3n) is 7.65. The summed E-state index contributed by atoms with van der Waals surface area (Å²) in [6, 6.07) is 11.0. The molecule has 1 saturated heterocycles. The summed E-state index contributed by atoms with van der Waals surface area (Å²) in [7, 11) is 0. The van der Waals surface area contributed by atoms with Gasteiger partial charge in [-0.05, 0) is 87.6 Å². The van der Waals surface area contributed by atoms with Crippen molar-refractivity contribution in [3.63, 3.8) is 0 Å². The van der Waals surface area contributed by atoms with Gasteiger partial charge in [-0.25, -0.2) is 0 Å². The maximum absolute atomic E-state index is 6.42. The molecule has 0 aromatic carbocycles. The van der Waals surface area contributed by atoms with E-state index in [-0.39, 0.29) is 11.0 Å². The standard InChI is InChI=1S/C25H33N3O/c26-15-11-19-6-5-7-21-20(19)9-10-23(28-21)25(22-8-1-4-16-27-22)14-17-29-24(18-25)12-2-3-13-24/h1,4,8-10,16,19H,2-3,5-7,11-15,17-18,26H2. The number of rotatable bonds is 4. The molecule has 4 heteroatoms. The summed E-state index contributed by atoms with van der Waals surface area (Å²) in [5.41, 5.74) is 10.9. The predicted octanol–water partition coefficient (Wildman–Crippen LogP) is 4.65. The highest BCUT2D eigenvalue weighted by Crippen LogP contribution is 2.51. The molecular formula is C25H33N3O. The fourth-order valence-electron chi connectivity index (χ4n) is 6.21. The summed E-state index contributed by atoms with van der Waals surface area (Å²) in [5.74, 6) is 0.576. The number of aryl methyl sites for hydroxylation is 1. The SMILES string of the molecule is NCCC1CCCc2nc(C3(c4ccccn4)CCOC4(CCCC4)C3)ccc21. The number of hydrogen-bond donors (Lipinski definition) is 1. The highest BCUT2D eigenvalue weighted by atomic mass is 16.5. The summed E-state index contributed by atoms with van der Waals surface area (Å²) in [5, 5.41) is 0. The second kappa shape index (κ2) is 7.81. The molecule has 2 aromatic rings. The van der Waals surface area contributed by atoms with Crippen LogP contribution in [-0.2, 0) is 16.6 Å². The van der Waals surface area contributed by atoms with Gasteiger partial charge in [-0.3, -0.25) is 9.97 Å². The molecule has 0 bridgehead atoms. The predicted molar refractivity (Wildman–Crippen MR) is 115 cm³/mol. The van der Waals surface area contributed by atoms with Gasteiger partial charge in [-0.1, -0.05) is 25.0 Å². The van der Waals surface area contributed by atoms with Crippen LogP contribution >= 0.6 is 0 Å². The summed E-state index contributed by atoms with van der Waals surface area (Å²) >= 11 is 0. The number of hydrogen-bond acceptors (Lipinski definition) is 4. The van der Waals surface area contributed by atoms with Crippen LogP contribution in [0.4, 0.5) is 0 Å². The fraction of sp³-hybridized carbons (Fsp3) is 0.600. The summed E-state index contributed by atoms with van der Waals surface area (Å²) in [4.78, 5) is 10.2. The topological polar surface area (TPSA) is 61.0 Å². The van der Waals surface area contributed by atoms with E-state index in [9.17, 15) is 0 Å². The highest BCUT2D eigenvalue weighted by Gasteiger charge is 2.50. The number of nitrogens with two attached hydrogens (primary N) is 1. The molecule has 2 aromatic heterocycles. The van der Waals surface area contributed by atoms with Crippen LogP contribution in [0.5, 0.6) is 0 Å². The van der Waals surface area contributed by atoms with Gasteiger partial charge in [0.15, 0.2) is 0 Å². The first-order valence-corrected chi connectivity index (χ1v) is 11.5. The Hall–Kier alpha value is -1.78. The van der Waals surface area contributed by atoms with Gasteiger partial charge in [-0.15, -0.1) is 0 Å². The minimum Gasteiger partial charge on any atom is -0.375 e. The highest BCUT2D eigenvalue weighted by molar-refractivity contribution is 5.38. The first kappa shape index (κ1) is 19.2. The Morgan fingerprint density at radius 2 is 1.93 bits per heavy atom. The van der Waals surface area contributed by atoms with Crippen LogP contribution in [0, 0.1) is 0 Å². The fourth-order valence-corrected chi connectivity index (χ4v) is 6.21. The van der Waals surface area contributed by atoms with Crippen molar-refractivity contribution in [1.29, 1.82) is 0 Å². The van der Waals surface area contributed by atoms with Crippen molar-refractivity contribution in [2.75, 3.05) is 13.2 Å². The molecule has 2 fully saturated rings. The van der Waals surface area contributed by atoms with E-state index in [4.69, 9.17) is 20.4 Å². The molecule has 0 amide bonds. The lowest BCUT2D eigenvalue weighted by molar-refractivity contribution is -0.0959. The molecule has 0 radical (unpaired) electrons. The molecule has 2 N–H and O–H groups in total. The number of pyridine rings is 2. The van der Waals surface area contributed by atoms with E-state index in [0.717, 1.165) is 44.5 Å². The van der Waals surface area contributed by atoms with Crippen LogP contribution in [0.1, 0.15) is 86.4 Å². The second-order valence-electron chi connectivity index (χ2n) is 9.36. The number of fused-ring (bicyclic) bond motifs is 1. The molecule has 154 valence electrons. The average molecular weight is 392 g/mol. The summed E-state index contributed by atoms with van der Waals surface area (Å²) < 4.78 is 6.42. The lowest BCUT2D eigenvalue weighted by Crippen LogP contribution is -2.47. The van der Waals surface area contributed by atoms with Crippen molar-refractivity contribution in [2.24, 2.45) is 5.73 Å². The third-order valence-corrected chi connectivity index (χ3v) is 7.65. The zero-order valence-corrected chi connectivity index (χ0v) is 17.4. The van der Waals surface area contributed by atoms with Crippen molar-refractivity contribution < 1.29 is 4.74 Å². The molecular weight excluding hydrogens is 358 g/mol. The third kappa shape index (κ3) is 3.40. The second-order valence-corrected chi connectivity index (χ2v) is 9.36. The zero-order valence-electron chi connectivity index (χ0n) is 17.4. The minimum atomic E-state index is -0.139. The van der Waals surface area contributed by atoms with Crippen LogP contribution in [0.15, 0.2) is 36.5 Å². The molecule has 3 heterocycles. The van der Waals surface area contributed by atoms with Gasteiger partial charge in [0.25, 0.3) is 0 Å². The van der Waals surface area contributed by atoms with E-state index >= 15 is 0 Å². The van der Waals surface area contributed by atoms with Crippen molar-refractivity contribution in [1.82, 2.24) is 9.97 Å². The van der Waals surface area contributed by atoms with Crippen LogP contribution in [0.25, 0.3) is 0 Å². The Balaban J connectivity index is 1.59. The molecule has 1 spiro atoms. The van der Waals surface area contributed by atoms with Gasteiger partial charge in [0, 0.05) is 18.5 Å². The molecule has 5 rings (SSSR count). The van der Waals surface area contributed by atoms with Crippen LogP contribution in [0.2, 0.25) is 0 Å². The van der Waals surface area contributed by atoms with Crippen LogP contribution in [-0.4, -0.2) is 28.7 Å². The molecule has 2 atom stereocenters. The monoisotopic (exact) mass is 391 g/mol. The Labute approximate surface area is 174 Å². The van der Waals surface area contributed by atoms with E-state index in [1.54, 1.807) is 0 Å². The van der Waals surface area contributed by atoms with Gasteiger partial charge in [0.2, 0.25) is 0 Å². The molecule has 3 aliphatic rings. The summed E-state index contributed by atoms with van der Waals surface area (Å²) in [6.07, 6.45) is 13.4. The van der Waals surface area contributed by atoms with Crippen molar-refractivity contribution in [3.8, 4) is 0 Å². The van der Waals surface area contributed by atoms with Crippen molar-refractivity contribution in [3.05, 3.63) is 59.2 Å². The van der Waals surface area contributed by atoms with Crippen molar-refractivity contribution in [2.45, 2.75) is 81.1 Å². The Kier molecular flexibility index (Phi) is 5.17. The number of ether oxygens (including phenoxy) is 1. The van der Waals surface area contributed by atoms with Gasteiger partial charge in [-0.2, -0.15) is 0 Å².